The summed E-state index contributed by atoms with van der Waals surface area (Å²) in [5.74, 6) is -2.01. The van der Waals surface area contributed by atoms with E-state index in [1.54, 1.807) is 0 Å². The minimum atomic E-state index is -0.842. The lowest BCUT2D eigenvalue weighted by molar-refractivity contribution is 0.0930. The maximum absolute atomic E-state index is 13.6. The third-order valence-electron chi connectivity index (χ3n) is 3.28. The van der Waals surface area contributed by atoms with Gasteiger partial charge >= 0.3 is 0 Å². The highest BCUT2D eigenvalue weighted by molar-refractivity contribution is 5.94. The molecule has 5 heteroatoms. The number of halogens is 2. The number of nitrogens with one attached hydrogen (secondary N) is 1. The molecule has 1 aromatic rings. The summed E-state index contributed by atoms with van der Waals surface area (Å²) in [5.41, 5.74) is 5.47. The smallest absolute Gasteiger partial charge is 0.254 e. The fourth-order valence-electron chi connectivity index (χ4n) is 1.92. The fourth-order valence-corrected chi connectivity index (χ4v) is 1.92. The molecule has 0 aromatic heterocycles. The molecule has 0 aliphatic rings. The number of benzene rings is 1. The monoisotopic (exact) mass is 284 g/mol. The van der Waals surface area contributed by atoms with E-state index >= 15 is 0 Å². The quantitative estimate of drug-likeness (QED) is 0.844. The summed E-state index contributed by atoms with van der Waals surface area (Å²) < 4.78 is 26.7. The molecule has 1 aromatic carbocycles. The summed E-state index contributed by atoms with van der Waals surface area (Å²) in [6.45, 7) is 6.53. The summed E-state index contributed by atoms with van der Waals surface area (Å²) in [6.07, 6.45) is 1.74. The van der Waals surface area contributed by atoms with E-state index in [4.69, 9.17) is 5.73 Å². The Morgan fingerprint density at radius 3 is 2.55 bits per heavy atom. The van der Waals surface area contributed by atoms with Gasteiger partial charge in [0.05, 0.1) is 5.56 Å². The largest absolute Gasteiger partial charge is 0.351 e. The van der Waals surface area contributed by atoms with E-state index in [0.29, 0.717) is 13.1 Å². The molecular formula is C15H22F2N2O. The van der Waals surface area contributed by atoms with Crippen LogP contribution in [0.15, 0.2) is 12.1 Å². The van der Waals surface area contributed by atoms with Crippen molar-refractivity contribution in [2.45, 2.75) is 33.6 Å². The van der Waals surface area contributed by atoms with Crippen molar-refractivity contribution in [3.8, 4) is 0 Å². The van der Waals surface area contributed by atoms with Gasteiger partial charge in [-0.15, -0.1) is 0 Å². The minimum absolute atomic E-state index is 0.111. The number of hydrogen-bond acceptors (Lipinski definition) is 2. The predicted molar refractivity (Wildman–Crippen MR) is 75.5 cm³/mol. The number of amides is 1. The molecule has 0 spiro atoms. The summed E-state index contributed by atoms with van der Waals surface area (Å²) in [6, 6.07) is 1.97. The molecule has 0 aliphatic heterocycles. The number of rotatable bonds is 6. The van der Waals surface area contributed by atoms with Gasteiger partial charge in [0.2, 0.25) is 0 Å². The first-order chi connectivity index (χ1) is 9.26. The van der Waals surface area contributed by atoms with Crippen molar-refractivity contribution < 1.29 is 13.6 Å². The Bertz CT molecular complexity index is 487. The second-order valence-corrected chi connectivity index (χ2v) is 5.82. The lowest BCUT2D eigenvalue weighted by atomic mass is 9.87. The Hall–Kier alpha value is -1.49. The molecule has 0 aliphatic carbocycles. The van der Waals surface area contributed by atoms with Crippen LogP contribution in [0.4, 0.5) is 8.78 Å². The summed E-state index contributed by atoms with van der Waals surface area (Å²) >= 11 is 0. The topological polar surface area (TPSA) is 55.1 Å². The highest BCUT2D eigenvalue weighted by Gasteiger charge is 2.20. The minimum Gasteiger partial charge on any atom is -0.351 e. The van der Waals surface area contributed by atoms with Crippen LogP contribution in [0.25, 0.3) is 0 Å². The summed E-state index contributed by atoms with van der Waals surface area (Å²) in [7, 11) is 0. The third kappa shape index (κ3) is 4.56. The maximum Gasteiger partial charge on any atom is 0.254 e. The van der Waals surface area contributed by atoms with Gasteiger partial charge in [0.25, 0.3) is 5.91 Å². The molecular weight excluding hydrogens is 262 g/mol. The molecule has 0 fully saturated rings. The van der Waals surface area contributed by atoms with Crippen molar-refractivity contribution in [3.63, 3.8) is 0 Å². The van der Waals surface area contributed by atoms with Crippen LogP contribution in [-0.4, -0.2) is 19.0 Å². The average Bonchev–Trinajstić information content (AvgIpc) is 2.38. The van der Waals surface area contributed by atoms with Gasteiger partial charge in [0.15, 0.2) is 0 Å². The van der Waals surface area contributed by atoms with Crippen molar-refractivity contribution in [3.05, 3.63) is 34.9 Å². The van der Waals surface area contributed by atoms with E-state index in [9.17, 15) is 13.6 Å². The van der Waals surface area contributed by atoms with E-state index in [1.165, 1.54) is 13.0 Å². The highest BCUT2D eigenvalue weighted by Crippen LogP contribution is 2.21. The van der Waals surface area contributed by atoms with Crippen LogP contribution in [0.5, 0.6) is 0 Å². The van der Waals surface area contributed by atoms with Crippen molar-refractivity contribution >= 4 is 5.91 Å². The van der Waals surface area contributed by atoms with Gasteiger partial charge < -0.3 is 11.1 Å². The molecule has 0 unspecified atom stereocenters. The molecule has 1 rings (SSSR count). The summed E-state index contributed by atoms with van der Waals surface area (Å²) in [5, 5.41) is 2.69. The molecule has 0 heterocycles. The zero-order valence-corrected chi connectivity index (χ0v) is 12.2. The van der Waals surface area contributed by atoms with E-state index in [1.807, 2.05) is 13.8 Å². The zero-order valence-electron chi connectivity index (χ0n) is 12.2. The van der Waals surface area contributed by atoms with Gasteiger partial charge in [-0.3, -0.25) is 4.79 Å². The first-order valence-electron chi connectivity index (χ1n) is 6.71. The normalized spacial score (nSPS) is 11.5. The van der Waals surface area contributed by atoms with Crippen LogP contribution in [0.1, 0.15) is 42.6 Å². The molecule has 20 heavy (non-hydrogen) atoms. The Kier molecular flexibility index (Phi) is 5.62. The maximum atomic E-state index is 13.6. The van der Waals surface area contributed by atoms with Gasteiger partial charge in [-0.05, 0) is 43.4 Å². The van der Waals surface area contributed by atoms with E-state index in [0.717, 1.165) is 18.9 Å². The Labute approximate surface area is 118 Å². The standard InChI is InChI=1S/C15H22F2N2O/c1-10-7-11(13(17)8-12(10)16)14(20)19-9-15(2,3)5-4-6-18/h7-8H,4-6,9,18H2,1-3H3,(H,19,20). The second kappa shape index (κ2) is 6.79. The zero-order chi connectivity index (χ0) is 15.3. The number of hydrogen-bond donors (Lipinski definition) is 2. The molecule has 0 atom stereocenters. The van der Waals surface area contributed by atoms with Gasteiger partial charge in [-0.25, -0.2) is 8.78 Å². The number of carbonyl (C=O) groups is 1. The van der Waals surface area contributed by atoms with Crippen molar-refractivity contribution in [2.24, 2.45) is 11.1 Å². The molecule has 1 amide bonds. The van der Waals surface area contributed by atoms with E-state index < -0.39 is 17.5 Å². The van der Waals surface area contributed by atoms with Gasteiger partial charge in [0.1, 0.15) is 11.6 Å². The molecule has 3 N–H and O–H groups in total. The van der Waals surface area contributed by atoms with E-state index in [2.05, 4.69) is 5.32 Å². The molecule has 0 bridgehead atoms. The van der Waals surface area contributed by atoms with Crippen molar-refractivity contribution in [2.75, 3.05) is 13.1 Å². The van der Waals surface area contributed by atoms with Gasteiger partial charge in [-0.2, -0.15) is 0 Å². The highest BCUT2D eigenvalue weighted by atomic mass is 19.1. The molecule has 0 saturated carbocycles. The third-order valence-corrected chi connectivity index (χ3v) is 3.28. The van der Waals surface area contributed by atoms with Gasteiger partial charge in [-0.1, -0.05) is 13.8 Å². The number of nitrogens with two attached hydrogens (primary N) is 1. The Balaban J connectivity index is 2.70. The second-order valence-electron chi connectivity index (χ2n) is 5.82. The average molecular weight is 284 g/mol. The fraction of sp³-hybridized carbons (Fsp3) is 0.533. The molecule has 112 valence electrons. The number of carbonyl (C=O) groups excluding carboxylic acids is 1. The van der Waals surface area contributed by atoms with Crippen LogP contribution in [0.3, 0.4) is 0 Å². The molecule has 0 saturated heterocycles. The lowest BCUT2D eigenvalue weighted by Gasteiger charge is -2.24. The van der Waals surface area contributed by atoms with Crippen LogP contribution in [-0.2, 0) is 0 Å². The van der Waals surface area contributed by atoms with Crippen LogP contribution in [0.2, 0.25) is 0 Å². The number of aryl methyl sites for hydroxylation is 1. The first-order valence-corrected chi connectivity index (χ1v) is 6.71. The SMILES string of the molecule is Cc1cc(C(=O)NCC(C)(C)CCCN)c(F)cc1F. The van der Waals surface area contributed by atoms with Crippen LogP contribution < -0.4 is 11.1 Å². The first kappa shape index (κ1) is 16.6. The predicted octanol–water partition coefficient (Wildman–Crippen LogP) is 2.77. The van der Waals surface area contributed by atoms with Gasteiger partial charge in [0, 0.05) is 12.6 Å². The van der Waals surface area contributed by atoms with Crippen LogP contribution in [0, 0.1) is 24.0 Å². The molecule has 3 nitrogen and oxygen atoms in total. The van der Waals surface area contributed by atoms with Crippen molar-refractivity contribution in [1.82, 2.24) is 5.32 Å². The van der Waals surface area contributed by atoms with Crippen molar-refractivity contribution in [1.29, 1.82) is 0 Å². The Morgan fingerprint density at radius 2 is 1.95 bits per heavy atom. The lowest BCUT2D eigenvalue weighted by Crippen LogP contribution is -2.34. The molecule has 0 radical (unpaired) electrons. The van der Waals surface area contributed by atoms with Crippen LogP contribution >= 0.6 is 0 Å². The van der Waals surface area contributed by atoms with E-state index in [-0.39, 0.29) is 16.5 Å². The summed E-state index contributed by atoms with van der Waals surface area (Å²) in [4.78, 5) is 12.0. The Morgan fingerprint density at radius 1 is 1.30 bits per heavy atom.